The highest BCUT2D eigenvalue weighted by molar-refractivity contribution is 9.10. The molecule has 0 atom stereocenters. The van der Waals surface area contributed by atoms with Gasteiger partial charge in [-0.15, -0.1) is 0 Å². The van der Waals surface area contributed by atoms with Crippen molar-refractivity contribution in [2.75, 3.05) is 13.1 Å². The second-order valence-electron chi connectivity index (χ2n) is 5.28. The van der Waals surface area contributed by atoms with Crippen LogP contribution in [0.5, 0.6) is 0 Å². The van der Waals surface area contributed by atoms with Crippen LogP contribution in [0.25, 0.3) is 0 Å². The Morgan fingerprint density at radius 3 is 2.12 bits per heavy atom. The fraction of sp³-hybridized carbons (Fsp3) is 0.222. The number of rotatable bonds is 7. The molecule has 4 N–H and O–H groups in total. The summed E-state index contributed by atoms with van der Waals surface area (Å²) in [5, 5.41) is 5.66. The fourth-order valence-corrected chi connectivity index (χ4v) is 2.52. The van der Waals surface area contributed by atoms with Gasteiger partial charge in [-0.05, 0) is 42.3 Å². The number of carbonyl (C=O) groups is 2. The van der Waals surface area contributed by atoms with Crippen LogP contribution in [0, 0.1) is 0 Å². The van der Waals surface area contributed by atoms with Gasteiger partial charge in [0.05, 0.1) is 0 Å². The molecule has 2 aromatic carbocycles. The average molecular weight is 390 g/mol. The van der Waals surface area contributed by atoms with Gasteiger partial charge in [-0.3, -0.25) is 9.59 Å². The van der Waals surface area contributed by atoms with E-state index in [9.17, 15) is 9.59 Å². The maximum absolute atomic E-state index is 12.0. The molecule has 2 amide bonds. The number of carbonyl (C=O) groups excluding carboxylic acids is 2. The summed E-state index contributed by atoms with van der Waals surface area (Å²) in [4.78, 5) is 23.9. The lowest BCUT2D eigenvalue weighted by Gasteiger charge is -2.07. The molecule has 24 heavy (non-hydrogen) atoms. The van der Waals surface area contributed by atoms with E-state index < -0.39 is 0 Å². The lowest BCUT2D eigenvalue weighted by Crippen LogP contribution is -2.29. The largest absolute Gasteiger partial charge is 0.352 e. The summed E-state index contributed by atoms with van der Waals surface area (Å²) in [6, 6.07) is 14.4. The fourth-order valence-electron chi connectivity index (χ4n) is 2.12. The minimum Gasteiger partial charge on any atom is -0.352 e. The maximum atomic E-state index is 12.0. The first-order valence-electron chi connectivity index (χ1n) is 7.71. The van der Waals surface area contributed by atoms with E-state index >= 15 is 0 Å². The van der Waals surface area contributed by atoms with Crippen molar-refractivity contribution in [2.24, 2.45) is 5.73 Å². The number of hydrogen-bond donors (Lipinski definition) is 3. The Bertz CT molecular complexity index is 702. The summed E-state index contributed by atoms with van der Waals surface area (Å²) in [6.07, 6.45) is 0.659. The zero-order valence-electron chi connectivity index (χ0n) is 13.2. The standard InChI is InChI=1S/C18H20BrN3O2/c19-16-4-1-3-15(11-16)18(24)22-10-2-9-21-17(23)14-7-5-13(12-20)6-8-14/h1,3-8,11H,2,9-10,12,20H2,(H,21,23)(H,22,24). The number of nitrogens with two attached hydrogens (primary N) is 1. The first-order chi connectivity index (χ1) is 11.6. The first kappa shape index (κ1) is 18.2. The molecule has 126 valence electrons. The van der Waals surface area contributed by atoms with Crippen LogP contribution in [0.3, 0.4) is 0 Å². The van der Waals surface area contributed by atoms with E-state index in [1.54, 1.807) is 24.3 Å². The van der Waals surface area contributed by atoms with Crippen LogP contribution in [-0.2, 0) is 6.54 Å². The number of benzene rings is 2. The minimum absolute atomic E-state index is 0.125. The summed E-state index contributed by atoms with van der Waals surface area (Å²) in [7, 11) is 0. The van der Waals surface area contributed by atoms with Gasteiger partial charge in [0.25, 0.3) is 11.8 Å². The van der Waals surface area contributed by atoms with Crippen molar-refractivity contribution in [2.45, 2.75) is 13.0 Å². The topological polar surface area (TPSA) is 84.2 Å². The Labute approximate surface area is 149 Å². The molecule has 0 aromatic heterocycles. The molecule has 0 radical (unpaired) electrons. The molecule has 0 bridgehead atoms. The summed E-state index contributed by atoms with van der Waals surface area (Å²) >= 11 is 3.34. The summed E-state index contributed by atoms with van der Waals surface area (Å²) in [5.41, 5.74) is 7.72. The molecule has 5 nitrogen and oxygen atoms in total. The summed E-state index contributed by atoms with van der Waals surface area (Å²) < 4.78 is 0.864. The molecule has 0 fully saturated rings. The molecule has 0 unspecified atom stereocenters. The Hall–Kier alpha value is -2.18. The lowest BCUT2D eigenvalue weighted by atomic mass is 10.1. The molecule has 0 aliphatic rings. The van der Waals surface area contributed by atoms with Gasteiger partial charge < -0.3 is 16.4 Å². The monoisotopic (exact) mass is 389 g/mol. The van der Waals surface area contributed by atoms with Gasteiger partial charge in [0, 0.05) is 35.2 Å². The minimum atomic E-state index is -0.128. The maximum Gasteiger partial charge on any atom is 0.251 e. The quantitative estimate of drug-likeness (QED) is 0.635. The highest BCUT2D eigenvalue weighted by Gasteiger charge is 2.06. The Kier molecular flexibility index (Phi) is 6.96. The van der Waals surface area contributed by atoms with E-state index in [4.69, 9.17) is 5.73 Å². The zero-order valence-corrected chi connectivity index (χ0v) is 14.8. The van der Waals surface area contributed by atoms with E-state index in [-0.39, 0.29) is 11.8 Å². The molecule has 0 aliphatic carbocycles. The third-order valence-electron chi connectivity index (χ3n) is 3.46. The van der Waals surface area contributed by atoms with Gasteiger partial charge in [-0.2, -0.15) is 0 Å². The summed E-state index contributed by atoms with van der Waals surface area (Å²) in [5.74, 6) is -0.253. The van der Waals surface area contributed by atoms with E-state index in [0.29, 0.717) is 37.2 Å². The third-order valence-corrected chi connectivity index (χ3v) is 3.96. The molecule has 0 spiro atoms. The van der Waals surface area contributed by atoms with Gasteiger partial charge in [0.1, 0.15) is 0 Å². The molecule has 0 aliphatic heterocycles. The molecule has 0 saturated heterocycles. The SMILES string of the molecule is NCc1ccc(C(=O)NCCCNC(=O)c2cccc(Br)c2)cc1. The number of nitrogens with one attached hydrogen (secondary N) is 2. The van der Waals surface area contributed by atoms with E-state index in [1.165, 1.54) is 0 Å². The van der Waals surface area contributed by atoms with Crippen molar-refractivity contribution in [3.05, 3.63) is 69.7 Å². The van der Waals surface area contributed by atoms with Gasteiger partial charge in [-0.25, -0.2) is 0 Å². The lowest BCUT2D eigenvalue weighted by molar-refractivity contribution is 0.0951. The third kappa shape index (κ3) is 5.47. The second-order valence-corrected chi connectivity index (χ2v) is 6.19. The Morgan fingerprint density at radius 2 is 1.54 bits per heavy atom. The normalized spacial score (nSPS) is 10.2. The van der Waals surface area contributed by atoms with Crippen LogP contribution in [-0.4, -0.2) is 24.9 Å². The molecule has 0 saturated carbocycles. The highest BCUT2D eigenvalue weighted by atomic mass is 79.9. The van der Waals surface area contributed by atoms with Crippen molar-refractivity contribution < 1.29 is 9.59 Å². The van der Waals surface area contributed by atoms with E-state index in [0.717, 1.165) is 10.0 Å². The molecule has 6 heteroatoms. The molecular weight excluding hydrogens is 370 g/mol. The van der Waals surface area contributed by atoms with E-state index in [1.807, 2.05) is 24.3 Å². The van der Waals surface area contributed by atoms with Crippen molar-refractivity contribution in [3.8, 4) is 0 Å². The number of halogens is 1. The molecular formula is C18H20BrN3O2. The van der Waals surface area contributed by atoms with Crippen LogP contribution in [0.4, 0.5) is 0 Å². The predicted octanol–water partition coefficient (Wildman–Crippen LogP) is 2.46. The van der Waals surface area contributed by atoms with Gasteiger partial charge in [0.15, 0.2) is 0 Å². The molecule has 2 aromatic rings. The number of hydrogen-bond acceptors (Lipinski definition) is 3. The Morgan fingerprint density at radius 1 is 0.917 bits per heavy atom. The van der Waals surface area contributed by atoms with Crippen molar-refractivity contribution >= 4 is 27.7 Å². The molecule has 0 heterocycles. The summed E-state index contributed by atoms with van der Waals surface area (Å²) in [6.45, 7) is 1.45. The Balaban J connectivity index is 1.69. The van der Waals surface area contributed by atoms with Gasteiger partial charge >= 0.3 is 0 Å². The predicted molar refractivity (Wildman–Crippen MR) is 97.8 cm³/mol. The van der Waals surface area contributed by atoms with Crippen molar-refractivity contribution in [3.63, 3.8) is 0 Å². The van der Waals surface area contributed by atoms with Crippen molar-refractivity contribution in [1.82, 2.24) is 10.6 Å². The molecule has 2 rings (SSSR count). The van der Waals surface area contributed by atoms with E-state index in [2.05, 4.69) is 26.6 Å². The van der Waals surface area contributed by atoms with Crippen LogP contribution in [0.1, 0.15) is 32.7 Å². The van der Waals surface area contributed by atoms with Crippen LogP contribution in [0.2, 0.25) is 0 Å². The average Bonchev–Trinajstić information content (AvgIpc) is 2.61. The smallest absolute Gasteiger partial charge is 0.251 e. The van der Waals surface area contributed by atoms with Crippen LogP contribution >= 0.6 is 15.9 Å². The van der Waals surface area contributed by atoms with Gasteiger partial charge in [0.2, 0.25) is 0 Å². The second kappa shape index (κ2) is 9.20. The highest BCUT2D eigenvalue weighted by Crippen LogP contribution is 2.11. The van der Waals surface area contributed by atoms with Crippen LogP contribution in [0.15, 0.2) is 53.0 Å². The zero-order chi connectivity index (χ0) is 17.4. The first-order valence-corrected chi connectivity index (χ1v) is 8.50. The van der Waals surface area contributed by atoms with Gasteiger partial charge in [-0.1, -0.05) is 34.1 Å². The van der Waals surface area contributed by atoms with Crippen LogP contribution < -0.4 is 16.4 Å². The van der Waals surface area contributed by atoms with Crippen molar-refractivity contribution in [1.29, 1.82) is 0 Å². The number of amides is 2.